The van der Waals surface area contributed by atoms with Crippen molar-refractivity contribution in [3.05, 3.63) is 419 Å². The van der Waals surface area contributed by atoms with Crippen molar-refractivity contribution in [3.8, 4) is 56.4 Å². The number of anilines is 6. The molecule has 0 fully saturated rings. The Morgan fingerprint density at radius 1 is 0.270 bits per heavy atom. The first-order valence-electron chi connectivity index (χ1n) is 32.6. The molecule has 14 aromatic carbocycles. The van der Waals surface area contributed by atoms with Crippen LogP contribution in [0.4, 0.5) is 60.5 Å². The van der Waals surface area contributed by atoms with E-state index in [9.17, 15) is 0 Å². The van der Waals surface area contributed by atoms with Crippen LogP contribution in [0.15, 0.2) is 329 Å². The summed E-state index contributed by atoms with van der Waals surface area (Å²) in [5, 5.41) is 0. The van der Waals surface area contributed by atoms with E-state index >= 15 is 26.3 Å². The van der Waals surface area contributed by atoms with Gasteiger partial charge in [0, 0.05) is 22.7 Å². The lowest BCUT2D eigenvalue weighted by Crippen LogP contribution is -2.29. The summed E-state index contributed by atoms with van der Waals surface area (Å²) in [6.45, 7) is 7.72. The second-order valence-corrected chi connectivity index (χ2v) is 24.8. The zero-order valence-electron chi connectivity index (χ0n) is 53.6. The van der Waals surface area contributed by atoms with Gasteiger partial charge in [0.25, 0.3) is 0 Å². The Morgan fingerprint density at radius 3 is 0.890 bits per heavy atom. The van der Waals surface area contributed by atoms with Crippen LogP contribution in [0.2, 0.25) is 0 Å². The van der Waals surface area contributed by atoms with E-state index in [1.165, 1.54) is 60.7 Å². The molecule has 2 aliphatic rings. The third-order valence-corrected chi connectivity index (χ3v) is 19.3. The summed E-state index contributed by atoms with van der Waals surface area (Å²) in [6.07, 6.45) is 3.53. The number of hydrogen-bond donors (Lipinski definition) is 0. The molecule has 0 aliphatic heterocycles. The molecule has 0 bridgehead atoms. The quantitative estimate of drug-likeness (QED) is 0.0849. The zero-order chi connectivity index (χ0) is 68.2. The van der Waals surface area contributed by atoms with E-state index in [1.54, 1.807) is 70.5 Å². The van der Waals surface area contributed by atoms with Gasteiger partial charge in [0.2, 0.25) is 0 Å². The van der Waals surface area contributed by atoms with Crippen LogP contribution in [0.5, 0.6) is 23.0 Å². The molecule has 2 aliphatic carbocycles. The SMILES string of the molecule is C=Cc1ccc(Oc2ccc(C3(c4ccc(F)cc4)c4ccccc4-c4ccc(N(c5ccc(-c6ccc(N(c7ccc8c(c7)C(c7ccc(F)cc7)(c7ccc(Oc9ccc(C=C)cc9)cc7)c7ccccc7-8)c7c(F)cccc7F)cc6)cc5)c5c(F)cccc5F)cc43)cc2)cc1. The van der Waals surface area contributed by atoms with Crippen LogP contribution >= 0.6 is 0 Å². The van der Waals surface area contributed by atoms with Crippen LogP contribution < -0.4 is 19.3 Å². The van der Waals surface area contributed by atoms with Crippen LogP contribution in [-0.2, 0) is 10.8 Å². The Hall–Kier alpha value is -12.7. The van der Waals surface area contributed by atoms with E-state index in [1.807, 2.05) is 182 Å². The van der Waals surface area contributed by atoms with Crippen molar-refractivity contribution in [2.75, 3.05) is 9.80 Å². The number of rotatable bonds is 17. The van der Waals surface area contributed by atoms with Crippen molar-refractivity contribution in [2.45, 2.75) is 10.8 Å². The van der Waals surface area contributed by atoms with E-state index in [0.29, 0.717) is 45.7 Å². The topological polar surface area (TPSA) is 24.9 Å². The van der Waals surface area contributed by atoms with Crippen molar-refractivity contribution >= 4 is 46.3 Å². The Kier molecular flexibility index (Phi) is 15.8. The maximum absolute atomic E-state index is 16.7. The smallest absolute Gasteiger partial charge is 0.150 e. The molecule has 482 valence electrons. The summed E-state index contributed by atoms with van der Waals surface area (Å²) in [7, 11) is 0. The largest absolute Gasteiger partial charge is 0.457 e. The van der Waals surface area contributed by atoms with Gasteiger partial charge in [0.15, 0.2) is 0 Å². The summed E-state index contributed by atoms with van der Waals surface area (Å²) in [5.41, 5.74) is 12.8. The van der Waals surface area contributed by atoms with E-state index in [0.717, 1.165) is 89.0 Å². The molecule has 0 amide bonds. The average Bonchev–Trinajstić information content (AvgIpc) is 1.55. The molecule has 0 saturated heterocycles. The van der Waals surface area contributed by atoms with Crippen LogP contribution in [-0.4, -0.2) is 0 Å². The van der Waals surface area contributed by atoms with Gasteiger partial charge in [-0.1, -0.05) is 195 Å². The van der Waals surface area contributed by atoms with Gasteiger partial charge in [-0.3, -0.25) is 0 Å². The minimum absolute atomic E-state index is 0.301. The predicted molar refractivity (Wildman–Crippen MR) is 389 cm³/mol. The third kappa shape index (κ3) is 10.6. The van der Waals surface area contributed by atoms with Crippen molar-refractivity contribution < 1.29 is 35.8 Å². The Labute approximate surface area is 575 Å². The summed E-state index contributed by atoms with van der Waals surface area (Å²) in [6, 6.07) is 93.7. The lowest BCUT2D eigenvalue weighted by molar-refractivity contribution is 0.482. The van der Waals surface area contributed by atoms with Gasteiger partial charge in [-0.05, 0) is 235 Å². The number of nitrogens with zero attached hydrogens (tertiary/aromatic N) is 2. The molecule has 0 N–H and O–H groups in total. The fraction of sp³-hybridized carbons (Fsp3) is 0.0222. The van der Waals surface area contributed by atoms with Crippen LogP contribution in [0.1, 0.15) is 55.6 Å². The van der Waals surface area contributed by atoms with Crippen LogP contribution in [0.25, 0.3) is 45.5 Å². The first-order chi connectivity index (χ1) is 48.9. The summed E-state index contributed by atoms with van der Waals surface area (Å²) in [4.78, 5) is 3.14. The molecule has 100 heavy (non-hydrogen) atoms. The highest BCUT2D eigenvalue weighted by atomic mass is 19.2. The van der Waals surface area contributed by atoms with Gasteiger partial charge < -0.3 is 19.3 Å². The lowest BCUT2D eigenvalue weighted by Gasteiger charge is -2.35. The molecular weight excluding hydrogens is 1250 g/mol. The molecule has 0 aromatic heterocycles. The second-order valence-electron chi connectivity index (χ2n) is 24.8. The fourth-order valence-electron chi connectivity index (χ4n) is 14.8. The van der Waals surface area contributed by atoms with Gasteiger partial charge in [-0.2, -0.15) is 0 Å². The average molecular weight is 1310 g/mol. The van der Waals surface area contributed by atoms with Crippen molar-refractivity contribution in [3.63, 3.8) is 0 Å². The Balaban J connectivity index is 0.780. The summed E-state index contributed by atoms with van der Waals surface area (Å²) >= 11 is 0. The normalized spacial score (nSPS) is 14.7. The van der Waals surface area contributed by atoms with Gasteiger partial charge in [-0.15, -0.1) is 0 Å². The molecule has 2 unspecified atom stereocenters. The van der Waals surface area contributed by atoms with E-state index in [4.69, 9.17) is 9.47 Å². The van der Waals surface area contributed by atoms with Crippen LogP contribution in [0.3, 0.4) is 0 Å². The number of hydrogen-bond acceptors (Lipinski definition) is 4. The molecule has 14 aromatic rings. The number of benzene rings is 14. The molecule has 0 spiro atoms. The predicted octanol–water partition coefficient (Wildman–Crippen LogP) is 24.7. The molecule has 16 rings (SSSR count). The Morgan fingerprint density at radius 2 is 0.560 bits per heavy atom. The minimum Gasteiger partial charge on any atom is -0.457 e. The Bertz CT molecular complexity index is 5070. The van der Waals surface area contributed by atoms with E-state index in [2.05, 4.69) is 37.4 Å². The highest BCUT2D eigenvalue weighted by molar-refractivity contribution is 5.92. The molecular formula is C90H58F6N2O2. The molecule has 0 saturated carbocycles. The number of para-hydroxylation sites is 2. The summed E-state index contributed by atoms with van der Waals surface area (Å²) in [5.74, 6) is -1.50. The summed E-state index contributed by atoms with van der Waals surface area (Å²) < 4.78 is 110. The lowest BCUT2D eigenvalue weighted by atomic mass is 9.67. The maximum atomic E-state index is 16.7. The number of halogens is 6. The fourth-order valence-corrected chi connectivity index (χ4v) is 14.8. The van der Waals surface area contributed by atoms with Gasteiger partial charge in [0.05, 0.1) is 10.8 Å². The molecule has 4 nitrogen and oxygen atoms in total. The highest BCUT2D eigenvalue weighted by Crippen LogP contribution is 2.60. The molecule has 0 radical (unpaired) electrons. The second kappa shape index (κ2) is 25.4. The first-order valence-corrected chi connectivity index (χ1v) is 32.6. The van der Waals surface area contributed by atoms with E-state index < -0.39 is 45.7 Å². The standard InChI is InChI=1S/C90H58F6N2O2/c1-3-57-19-45-71(46-20-57)99-73-49-31-63(32-50-73)89(61-27-35-65(91)36-28-61)79-13-7-5-11-75(79)77-53-43-69(55-81(77)89)97(87-83(93)15-9-16-84(87)94)67-39-23-59(24-40-67)60-25-41-68(42-26-60)98(88-85(95)17-10-18-86(88)96)70-44-54-78-76-12-6-8-14-80(76)90(82(78)56-70,62-29-37-66(92)38-30-62)64-33-51-74(52-34-64)100-72-47-21-58(4-2)22-48-72/h3-56H,1-2H2. The third-order valence-electron chi connectivity index (χ3n) is 19.3. The monoisotopic (exact) mass is 1310 g/mol. The van der Waals surface area contributed by atoms with Gasteiger partial charge in [-0.25, -0.2) is 26.3 Å². The van der Waals surface area contributed by atoms with Crippen molar-refractivity contribution in [2.24, 2.45) is 0 Å². The van der Waals surface area contributed by atoms with E-state index in [-0.39, 0.29) is 11.4 Å². The van der Waals surface area contributed by atoms with Gasteiger partial charge in [0.1, 0.15) is 69.3 Å². The minimum atomic E-state index is -1.06. The first kappa shape index (κ1) is 62.2. The maximum Gasteiger partial charge on any atom is 0.150 e. The van der Waals surface area contributed by atoms with Gasteiger partial charge >= 0.3 is 0 Å². The molecule has 0 heterocycles. The van der Waals surface area contributed by atoms with Crippen LogP contribution in [0, 0.1) is 34.9 Å². The zero-order valence-corrected chi connectivity index (χ0v) is 53.6. The highest BCUT2D eigenvalue weighted by Gasteiger charge is 2.48. The van der Waals surface area contributed by atoms with Crippen molar-refractivity contribution in [1.82, 2.24) is 0 Å². The van der Waals surface area contributed by atoms with Crippen molar-refractivity contribution in [1.29, 1.82) is 0 Å². The molecule has 2 atom stereocenters. The number of fused-ring (bicyclic) bond motifs is 6. The molecule has 10 heteroatoms. The number of ether oxygens (including phenoxy) is 2.